The van der Waals surface area contributed by atoms with Crippen molar-refractivity contribution in [3.63, 3.8) is 0 Å². The van der Waals surface area contributed by atoms with Gasteiger partial charge in [-0.25, -0.2) is 0 Å². The normalized spacial score (nSPS) is 36.2. The van der Waals surface area contributed by atoms with Crippen molar-refractivity contribution in [2.24, 2.45) is 76.4 Å². The quantitative estimate of drug-likeness (QED) is 0.181. The fraction of sp³-hybridized carbons (Fsp3) is 1.00. The molecule has 3 saturated carbocycles. The topological polar surface area (TPSA) is 0 Å². The molecule has 0 amide bonds. The van der Waals surface area contributed by atoms with Crippen molar-refractivity contribution in [1.82, 2.24) is 0 Å². The molecule has 0 spiro atoms. The second-order valence-corrected chi connectivity index (χ2v) is 15.3. The first kappa shape index (κ1) is 29.6. The third kappa shape index (κ3) is 7.31. The van der Waals surface area contributed by atoms with Crippen LogP contribution < -0.4 is 0 Å². The van der Waals surface area contributed by atoms with Gasteiger partial charge in [-0.2, -0.15) is 0 Å². The van der Waals surface area contributed by atoms with Crippen molar-refractivity contribution >= 4 is 0 Å². The highest BCUT2D eigenvalue weighted by Crippen LogP contribution is 2.68. The predicted molar refractivity (Wildman–Crippen MR) is 156 cm³/mol. The van der Waals surface area contributed by atoms with E-state index in [4.69, 9.17) is 0 Å². The Morgan fingerprint density at radius 1 is 0.743 bits per heavy atom. The molecule has 0 aliphatic heterocycles. The van der Waals surface area contributed by atoms with Gasteiger partial charge in [0, 0.05) is 0 Å². The van der Waals surface area contributed by atoms with Crippen LogP contribution in [0.4, 0.5) is 0 Å². The molecule has 3 rings (SSSR count). The van der Waals surface area contributed by atoms with Crippen LogP contribution in [0.15, 0.2) is 0 Å². The molecule has 0 N–H and O–H groups in total. The summed E-state index contributed by atoms with van der Waals surface area (Å²) in [6, 6.07) is 0. The van der Waals surface area contributed by atoms with Gasteiger partial charge in [0.25, 0.3) is 0 Å². The van der Waals surface area contributed by atoms with Gasteiger partial charge >= 0.3 is 0 Å². The van der Waals surface area contributed by atoms with E-state index in [2.05, 4.69) is 69.2 Å². The molecule has 3 aliphatic rings. The van der Waals surface area contributed by atoms with E-state index in [-0.39, 0.29) is 0 Å². The van der Waals surface area contributed by atoms with Crippen LogP contribution in [0.25, 0.3) is 0 Å². The maximum Gasteiger partial charge on any atom is -0.0212 e. The van der Waals surface area contributed by atoms with Crippen molar-refractivity contribution in [2.45, 2.75) is 146 Å². The summed E-state index contributed by atoms with van der Waals surface area (Å²) in [7, 11) is 0. The van der Waals surface area contributed by atoms with Crippen molar-refractivity contribution < 1.29 is 0 Å². The van der Waals surface area contributed by atoms with Crippen molar-refractivity contribution in [3.8, 4) is 0 Å². The molecule has 35 heavy (non-hydrogen) atoms. The van der Waals surface area contributed by atoms with Gasteiger partial charge in [-0.1, -0.05) is 101 Å². The molecule has 206 valence electrons. The Morgan fingerprint density at radius 2 is 1.37 bits per heavy atom. The van der Waals surface area contributed by atoms with E-state index in [1.54, 1.807) is 12.8 Å². The molecule has 0 aromatic rings. The summed E-state index contributed by atoms with van der Waals surface area (Å²) in [5.41, 5.74) is 0.661. The lowest BCUT2D eigenvalue weighted by molar-refractivity contribution is 0.0896. The van der Waals surface area contributed by atoms with Crippen molar-refractivity contribution in [1.29, 1.82) is 0 Å². The number of hydrogen-bond donors (Lipinski definition) is 0. The Balaban J connectivity index is 1.51. The summed E-state index contributed by atoms with van der Waals surface area (Å²) in [4.78, 5) is 0. The molecular weight excluding hydrogens is 420 g/mol. The second kappa shape index (κ2) is 12.7. The van der Waals surface area contributed by atoms with E-state index in [9.17, 15) is 0 Å². The molecular formula is C35H66. The van der Waals surface area contributed by atoms with Gasteiger partial charge in [0.1, 0.15) is 0 Å². The summed E-state index contributed by atoms with van der Waals surface area (Å²) in [6.07, 6.45) is 17.7. The van der Waals surface area contributed by atoms with E-state index in [0.29, 0.717) is 5.41 Å². The molecule has 0 aromatic heterocycles. The maximum absolute atomic E-state index is 2.68. The Kier molecular flexibility index (Phi) is 10.7. The first-order valence-electron chi connectivity index (χ1n) is 16.6. The van der Waals surface area contributed by atoms with Crippen LogP contribution in [-0.2, 0) is 0 Å². The highest BCUT2D eigenvalue weighted by Gasteiger charge is 2.61. The number of hydrogen-bond acceptors (Lipinski definition) is 0. The van der Waals surface area contributed by atoms with E-state index >= 15 is 0 Å². The molecule has 0 heterocycles. The van der Waals surface area contributed by atoms with Crippen LogP contribution in [0.2, 0.25) is 0 Å². The average molecular weight is 487 g/mol. The molecule has 0 bridgehead atoms. The van der Waals surface area contributed by atoms with Gasteiger partial charge in [0.15, 0.2) is 0 Å². The van der Waals surface area contributed by atoms with Crippen LogP contribution in [0.3, 0.4) is 0 Å². The van der Waals surface area contributed by atoms with E-state index in [1.165, 1.54) is 64.2 Å². The summed E-state index contributed by atoms with van der Waals surface area (Å²) >= 11 is 0. The van der Waals surface area contributed by atoms with E-state index in [1.807, 2.05) is 0 Å². The van der Waals surface area contributed by atoms with Crippen molar-refractivity contribution in [2.75, 3.05) is 0 Å². The molecule has 0 heteroatoms. The molecule has 0 radical (unpaired) electrons. The standard InChI is InChI=1S/C35H66/c1-11-14-25(7)18-29-20-32(29)26(8)19-30-21-33(30)27(9)28(10)34(15-12-2)35(24(5)6)22-31(35)17-13-16-23(3)4/h23-34H,11-22H2,1-10H3. The Hall–Kier alpha value is 0. The highest BCUT2D eigenvalue weighted by molar-refractivity contribution is 5.10. The van der Waals surface area contributed by atoms with E-state index in [0.717, 1.165) is 71.0 Å². The zero-order valence-corrected chi connectivity index (χ0v) is 25.9. The van der Waals surface area contributed by atoms with E-state index < -0.39 is 0 Å². The van der Waals surface area contributed by atoms with Gasteiger partial charge in [0.2, 0.25) is 0 Å². The zero-order chi connectivity index (χ0) is 25.9. The van der Waals surface area contributed by atoms with Gasteiger partial charge in [0.05, 0.1) is 0 Å². The lowest BCUT2D eigenvalue weighted by Crippen LogP contribution is -2.33. The summed E-state index contributed by atoms with van der Waals surface area (Å²) in [5, 5.41) is 0. The Morgan fingerprint density at radius 3 is 1.97 bits per heavy atom. The second-order valence-electron chi connectivity index (χ2n) is 15.3. The maximum atomic E-state index is 2.68. The minimum Gasteiger partial charge on any atom is -0.0654 e. The minimum atomic E-state index is 0.661. The third-order valence-electron chi connectivity index (χ3n) is 11.9. The fourth-order valence-electron chi connectivity index (χ4n) is 9.39. The molecule has 3 aliphatic carbocycles. The molecule has 0 nitrogen and oxygen atoms in total. The van der Waals surface area contributed by atoms with Crippen LogP contribution in [0.1, 0.15) is 146 Å². The van der Waals surface area contributed by atoms with Crippen LogP contribution in [0, 0.1) is 76.4 Å². The third-order valence-corrected chi connectivity index (χ3v) is 11.9. The van der Waals surface area contributed by atoms with Crippen LogP contribution in [-0.4, -0.2) is 0 Å². The lowest BCUT2D eigenvalue weighted by atomic mass is 9.65. The number of rotatable bonds is 18. The fourth-order valence-corrected chi connectivity index (χ4v) is 9.39. The van der Waals surface area contributed by atoms with Gasteiger partial charge < -0.3 is 0 Å². The SMILES string of the molecule is CCCC(C)CC1CC1C(C)CC1CC1C(C)C(C)C(CCC)C1(C(C)C)CC1CCCC(C)C. The average Bonchev–Trinajstić information content (AvgIpc) is 3.67. The van der Waals surface area contributed by atoms with Gasteiger partial charge in [-0.3, -0.25) is 0 Å². The molecule has 11 atom stereocenters. The molecule has 3 fully saturated rings. The van der Waals surface area contributed by atoms with Gasteiger partial charge in [-0.05, 0) is 121 Å². The zero-order valence-electron chi connectivity index (χ0n) is 25.9. The van der Waals surface area contributed by atoms with Crippen LogP contribution >= 0.6 is 0 Å². The molecule has 0 saturated heterocycles. The minimum absolute atomic E-state index is 0.661. The summed E-state index contributed by atoms with van der Waals surface area (Å²) in [5.74, 6) is 11.7. The van der Waals surface area contributed by atoms with Gasteiger partial charge in [-0.15, -0.1) is 0 Å². The predicted octanol–water partition coefficient (Wildman–Crippen LogP) is 11.3. The van der Waals surface area contributed by atoms with Crippen LogP contribution in [0.5, 0.6) is 0 Å². The molecule has 0 aromatic carbocycles. The Bertz CT molecular complexity index is 618. The monoisotopic (exact) mass is 487 g/mol. The first-order valence-corrected chi connectivity index (χ1v) is 16.6. The van der Waals surface area contributed by atoms with Crippen molar-refractivity contribution in [3.05, 3.63) is 0 Å². The lowest BCUT2D eigenvalue weighted by Gasteiger charge is -2.39. The smallest absolute Gasteiger partial charge is 0.0212 e. The largest absolute Gasteiger partial charge is 0.0654 e. The summed E-state index contributed by atoms with van der Waals surface area (Å²) < 4.78 is 0. The first-order chi connectivity index (χ1) is 16.6. The molecule has 11 unspecified atom stereocenters. The summed E-state index contributed by atoms with van der Waals surface area (Å²) in [6.45, 7) is 25.2. The highest BCUT2D eigenvalue weighted by atomic mass is 14.7. The Labute approximate surface area is 222 Å².